The molecule has 0 atom stereocenters. The Labute approximate surface area is 108 Å². The molecule has 1 heterocycles. The molecule has 16 heavy (non-hydrogen) atoms. The molecule has 2 rings (SSSR count). The van der Waals surface area contributed by atoms with Gasteiger partial charge in [-0.2, -0.15) is 0 Å². The van der Waals surface area contributed by atoms with Gasteiger partial charge in [0, 0.05) is 22.4 Å². The highest BCUT2D eigenvalue weighted by molar-refractivity contribution is 14.1. The van der Waals surface area contributed by atoms with Crippen LogP contribution < -0.4 is 5.56 Å². The van der Waals surface area contributed by atoms with E-state index in [2.05, 4.69) is 34.7 Å². The molecule has 0 aliphatic carbocycles. The van der Waals surface area contributed by atoms with Gasteiger partial charge in [0.2, 0.25) is 0 Å². The maximum absolute atomic E-state index is 11.6. The van der Waals surface area contributed by atoms with Crippen molar-refractivity contribution in [3.63, 3.8) is 0 Å². The summed E-state index contributed by atoms with van der Waals surface area (Å²) in [5.41, 5.74) is 1.32. The molecule has 0 fully saturated rings. The van der Waals surface area contributed by atoms with E-state index in [-0.39, 0.29) is 5.56 Å². The second kappa shape index (κ2) is 5.30. The van der Waals surface area contributed by atoms with Gasteiger partial charge in [-0.1, -0.05) is 30.3 Å². The molecule has 0 spiro atoms. The van der Waals surface area contributed by atoms with Crippen molar-refractivity contribution >= 4 is 22.6 Å². The molecule has 0 aliphatic rings. The van der Waals surface area contributed by atoms with Crippen molar-refractivity contribution < 1.29 is 0 Å². The van der Waals surface area contributed by atoms with Gasteiger partial charge in [-0.05, 0) is 40.6 Å². The minimum absolute atomic E-state index is 0.0661. The van der Waals surface area contributed by atoms with Crippen molar-refractivity contribution in [3.8, 4) is 0 Å². The lowest BCUT2D eigenvalue weighted by molar-refractivity contribution is 0.667. The smallest absolute Gasteiger partial charge is 0.250 e. The predicted molar refractivity (Wildman–Crippen MR) is 73.6 cm³/mol. The third-order valence-electron chi connectivity index (χ3n) is 2.43. The van der Waals surface area contributed by atoms with Crippen LogP contribution in [0, 0.1) is 3.57 Å². The van der Waals surface area contributed by atoms with Crippen LogP contribution in [0.4, 0.5) is 0 Å². The molecule has 2 aromatic rings. The Morgan fingerprint density at radius 1 is 1.06 bits per heavy atom. The van der Waals surface area contributed by atoms with Gasteiger partial charge in [-0.3, -0.25) is 4.79 Å². The number of aryl methyl sites for hydroxylation is 2. The molecule has 3 heteroatoms. The summed E-state index contributed by atoms with van der Waals surface area (Å²) in [7, 11) is 0. The van der Waals surface area contributed by atoms with Gasteiger partial charge in [0.15, 0.2) is 0 Å². The van der Waals surface area contributed by atoms with Crippen molar-refractivity contribution in [2.45, 2.75) is 13.0 Å². The minimum Gasteiger partial charge on any atom is -0.314 e. The predicted octanol–water partition coefficient (Wildman–Crippen LogP) is 2.70. The first-order chi connectivity index (χ1) is 7.75. The summed E-state index contributed by atoms with van der Waals surface area (Å²) < 4.78 is 2.85. The van der Waals surface area contributed by atoms with Gasteiger partial charge in [0.05, 0.1) is 0 Å². The minimum atomic E-state index is 0.0661. The number of hydrogen-bond acceptors (Lipinski definition) is 1. The number of rotatable bonds is 3. The van der Waals surface area contributed by atoms with Crippen molar-refractivity contribution in [3.05, 3.63) is 68.1 Å². The Bertz CT molecular complexity index is 519. The lowest BCUT2D eigenvalue weighted by atomic mass is 10.1. The zero-order chi connectivity index (χ0) is 11.4. The van der Waals surface area contributed by atoms with E-state index < -0.39 is 0 Å². The number of benzene rings is 1. The van der Waals surface area contributed by atoms with E-state index >= 15 is 0 Å². The maximum Gasteiger partial charge on any atom is 0.250 e. The molecule has 0 amide bonds. The third kappa shape index (κ3) is 2.95. The first-order valence-corrected chi connectivity index (χ1v) is 6.23. The molecule has 82 valence electrons. The Hall–Kier alpha value is -1.10. The molecule has 1 aromatic carbocycles. The average Bonchev–Trinajstić information content (AvgIpc) is 2.32. The highest BCUT2D eigenvalue weighted by Gasteiger charge is 1.97. The van der Waals surface area contributed by atoms with E-state index in [0.717, 1.165) is 16.5 Å². The number of hydrogen-bond donors (Lipinski definition) is 0. The normalized spacial score (nSPS) is 10.3. The number of nitrogens with zero attached hydrogens (tertiary/aromatic N) is 1. The van der Waals surface area contributed by atoms with Crippen LogP contribution in [0.3, 0.4) is 0 Å². The zero-order valence-corrected chi connectivity index (χ0v) is 10.9. The summed E-state index contributed by atoms with van der Waals surface area (Å²) in [6.07, 6.45) is 2.78. The molecular formula is C13H12INO. The Kier molecular flexibility index (Phi) is 3.77. The van der Waals surface area contributed by atoms with Crippen LogP contribution in [-0.2, 0) is 13.0 Å². The van der Waals surface area contributed by atoms with E-state index in [1.54, 1.807) is 10.6 Å². The first kappa shape index (κ1) is 11.4. The van der Waals surface area contributed by atoms with Crippen molar-refractivity contribution in [2.75, 3.05) is 0 Å². The van der Waals surface area contributed by atoms with Gasteiger partial charge in [-0.25, -0.2) is 0 Å². The second-order valence-electron chi connectivity index (χ2n) is 3.61. The summed E-state index contributed by atoms with van der Waals surface area (Å²) in [5.74, 6) is 0. The van der Waals surface area contributed by atoms with E-state index in [9.17, 15) is 4.79 Å². The molecule has 0 N–H and O–H groups in total. The largest absolute Gasteiger partial charge is 0.314 e. The maximum atomic E-state index is 11.6. The van der Waals surface area contributed by atoms with E-state index in [1.165, 1.54) is 5.56 Å². The Morgan fingerprint density at radius 2 is 1.81 bits per heavy atom. The van der Waals surface area contributed by atoms with E-state index in [4.69, 9.17) is 0 Å². The fraction of sp³-hybridized carbons (Fsp3) is 0.154. The SMILES string of the molecule is O=c1ccc(I)cn1CCc1ccccc1. The van der Waals surface area contributed by atoms with E-state index in [1.807, 2.05) is 30.5 Å². The van der Waals surface area contributed by atoms with Crippen LogP contribution in [-0.4, -0.2) is 4.57 Å². The molecule has 0 saturated heterocycles. The van der Waals surface area contributed by atoms with Gasteiger partial charge in [0.1, 0.15) is 0 Å². The molecule has 1 aromatic heterocycles. The van der Waals surface area contributed by atoms with Crippen molar-refractivity contribution in [1.29, 1.82) is 0 Å². The summed E-state index contributed by atoms with van der Waals surface area (Å²) in [5, 5.41) is 0. The molecule has 0 aliphatic heterocycles. The van der Waals surface area contributed by atoms with Crippen LogP contribution in [0.1, 0.15) is 5.56 Å². The topological polar surface area (TPSA) is 22.0 Å². The lowest BCUT2D eigenvalue weighted by Crippen LogP contribution is -2.19. The molecule has 2 nitrogen and oxygen atoms in total. The number of pyridine rings is 1. The van der Waals surface area contributed by atoms with Crippen LogP contribution >= 0.6 is 22.6 Å². The highest BCUT2D eigenvalue weighted by Crippen LogP contribution is 2.03. The monoisotopic (exact) mass is 325 g/mol. The Morgan fingerprint density at radius 3 is 2.56 bits per heavy atom. The van der Waals surface area contributed by atoms with Gasteiger partial charge < -0.3 is 4.57 Å². The van der Waals surface area contributed by atoms with Gasteiger partial charge in [0.25, 0.3) is 5.56 Å². The molecule has 0 saturated carbocycles. The van der Waals surface area contributed by atoms with Crippen LogP contribution in [0.2, 0.25) is 0 Å². The average molecular weight is 325 g/mol. The van der Waals surface area contributed by atoms with Crippen LogP contribution in [0.5, 0.6) is 0 Å². The fourth-order valence-electron chi connectivity index (χ4n) is 1.57. The first-order valence-electron chi connectivity index (χ1n) is 5.15. The summed E-state index contributed by atoms with van der Waals surface area (Å²) in [6.45, 7) is 0.736. The molecule has 0 radical (unpaired) electrons. The van der Waals surface area contributed by atoms with Crippen molar-refractivity contribution in [2.24, 2.45) is 0 Å². The summed E-state index contributed by atoms with van der Waals surface area (Å²) in [6, 6.07) is 13.7. The molecule has 0 bridgehead atoms. The summed E-state index contributed by atoms with van der Waals surface area (Å²) in [4.78, 5) is 11.6. The van der Waals surface area contributed by atoms with Crippen molar-refractivity contribution in [1.82, 2.24) is 4.57 Å². The number of halogens is 1. The zero-order valence-electron chi connectivity index (χ0n) is 8.77. The number of aromatic nitrogens is 1. The lowest BCUT2D eigenvalue weighted by Gasteiger charge is -2.05. The van der Waals surface area contributed by atoms with Crippen LogP contribution in [0.25, 0.3) is 0 Å². The standard InChI is InChI=1S/C13H12INO/c14-12-6-7-13(16)15(10-12)9-8-11-4-2-1-3-5-11/h1-7,10H,8-9H2. The third-order valence-corrected chi connectivity index (χ3v) is 3.07. The second-order valence-corrected chi connectivity index (χ2v) is 4.86. The Balaban J connectivity index is 2.11. The fourth-order valence-corrected chi connectivity index (χ4v) is 2.09. The highest BCUT2D eigenvalue weighted by atomic mass is 127. The van der Waals surface area contributed by atoms with E-state index in [0.29, 0.717) is 0 Å². The van der Waals surface area contributed by atoms with Gasteiger partial charge in [-0.15, -0.1) is 0 Å². The summed E-state index contributed by atoms with van der Waals surface area (Å²) >= 11 is 2.22. The molecule has 0 unspecified atom stereocenters. The van der Waals surface area contributed by atoms with Gasteiger partial charge >= 0.3 is 0 Å². The quantitative estimate of drug-likeness (QED) is 0.796. The van der Waals surface area contributed by atoms with Crippen LogP contribution in [0.15, 0.2) is 53.5 Å². The molecular weight excluding hydrogens is 313 g/mol.